The summed E-state index contributed by atoms with van der Waals surface area (Å²) in [6.07, 6.45) is 1.62. The molecule has 0 fully saturated rings. The van der Waals surface area contributed by atoms with Gasteiger partial charge < -0.3 is 5.73 Å². The second kappa shape index (κ2) is 4.55. The van der Waals surface area contributed by atoms with Crippen LogP contribution in [0.3, 0.4) is 0 Å². The highest BCUT2D eigenvalue weighted by atomic mass is 32.2. The molecule has 6 nitrogen and oxygen atoms in total. The molecule has 2 rings (SSSR count). The Balaban J connectivity index is 1.93. The Bertz CT molecular complexity index is 453. The highest BCUT2D eigenvalue weighted by molar-refractivity contribution is 8.15. The van der Waals surface area contributed by atoms with Gasteiger partial charge in [0.1, 0.15) is 0 Å². The number of aromatic nitrogens is 3. The molecule has 0 radical (unpaired) electrons. The lowest BCUT2D eigenvalue weighted by atomic mass is 11.0. The minimum atomic E-state index is -0.249. The number of amides is 1. The Labute approximate surface area is 96.9 Å². The molecular weight excluding hydrogens is 254 g/mol. The van der Waals surface area contributed by atoms with E-state index >= 15 is 0 Å². The molecule has 0 bridgehead atoms. The summed E-state index contributed by atoms with van der Waals surface area (Å²) < 4.78 is 0.515. The van der Waals surface area contributed by atoms with Gasteiger partial charge in [0.2, 0.25) is 5.13 Å². The Morgan fingerprint density at radius 3 is 3.00 bits per heavy atom. The van der Waals surface area contributed by atoms with Gasteiger partial charge in [-0.15, -0.1) is 21.5 Å². The number of nitrogens with zero attached hydrogens (tertiary/aromatic N) is 3. The maximum atomic E-state index is 11.4. The van der Waals surface area contributed by atoms with Gasteiger partial charge in [0.05, 0.1) is 0 Å². The van der Waals surface area contributed by atoms with Crippen LogP contribution >= 0.6 is 34.4 Å². The third-order valence-corrected chi connectivity index (χ3v) is 3.52. The number of hydrogen-bond donors (Lipinski definition) is 2. The van der Waals surface area contributed by atoms with Crippen molar-refractivity contribution < 1.29 is 4.79 Å². The van der Waals surface area contributed by atoms with Crippen molar-refractivity contribution in [1.29, 1.82) is 0 Å². The van der Waals surface area contributed by atoms with Gasteiger partial charge in [0.25, 0.3) is 5.24 Å². The SMILES string of the molecule is Nc1nnc(SC(=O)Nc2nccs2)s1. The second-order valence-electron chi connectivity index (χ2n) is 2.26. The highest BCUT2D eigenvalue weighted by Crippen LogP contribution is 2.25. The Kier molecular flexibility index (Phi) is 3.14. The van der Waals surface area contributed by atoms with Gasteiger partial charge in [0, 0.05) is 23.3 Å². The molecule has 78 valence electrons. The molecule has 15 heavy (non-hydrogen) atoms. The number of carbonyl (C=O) groups is 1. The number of thiazole rings is 1. The van der Waals surface area contributed by atoms with E-state index < -0.39 is 0 Å². The summed E-state index contributed by atoms with van der Waals surface area (Å²) in [6.45, 7) is 0. The molecule has 0 aliphatic heterocycles. The standard InChI is InChI=1S/C6H5N5OS3/c7-3-10-11-6(14-3)15-5(12)9-4-8-1-2-13-4/h1-2H,(H2,7,10)(H,8,9,12). The molecule has 0 spiro atoms. The number of nitrogens with one attached hydrogen (secondary N) is 1. The first-order valence-electron chi connectivity index (χ1n) is 3.71. The largest absolute Gasteiger partial charge is 0.374 e. The van der Waals surface area contributed by atoms with E-state index in [1.807, 2.05) is 0 Å². The van der Waals surface area contributed by atoms with Crippen LogP contribution in [0.25, 0.3) is 0 Å². The number of carbonyl (C=O) groups excluding carboxylic acids is 1. The second-order valence-corrected chi connectivity index (χ2v) is 5.38. The molecule has 0 aliphatic carbocycles. The van der Waals surface area contributed by atoms with Crippen molar-refractivity contribution in [2.24, 2.45) is 0 Å². The average molecular weight is 259 g/mol. The Morgan fingerprint density at radius 2 is 2.40 bits per heavy atom. The van der Waals surface area contributed by atoms with Gasteiger partial charge in [-0.2, -0.15) is 0 Å². The third kappa shape index (κ3) is 2.88. The fraction of sp³-hybridized carbons (Fsp3) is 0. The quantitative estimate of drug-likeness (QED) is 0.800. The molecule has 0 unspecified atom stereocenters. The lowest BCUT2D eigenvalue weighted by Crippen LogP contribution is -2.03. The molecule has 0 atom stereocenters. The van der Waals surface area contributed by atoms with Crippen molar-refractivity contribution in [2.45, 2.75) is 4.34 Å². The molecule has 2 heterocycles. The van der Waals surface area contributed by atoms with E-state index in [2.05, 4.69) is 20.5 Å². The monoisotopic (exact) mass is 259 g/mol. The third-order valence-electron chi connectivity index (χ3n) is 1.24. The number of anilines is 2. The molecule has 0 saturated carbocycles. The van der Waals surface area contributed by atoms with Crippen LogP contribution in [0, 0.1) is 0 Å². The average Bonchev–Trinajstić information content (AvgIpc) is 2.77. The molecule has 0 aliphatic rings. The maximum Gasteiger partial charge on any atom is 0.292 e. The number of nitrogens with two attached hydrogens (primary N) is 1. The summed E-state index contributed by atoms with van der Waals surface area (Å²) in [5, 5.41) is 12.4. The maximum absolute atomic E-state index is 11.4. The van der Waals surface area contributed by atoms with Gasteiger partial charge in [-0.05, 0) is 0 Å². The van der Waals surface area contributed by atoms with Crippen LogP contribution in [0.15, 0.2) is 15.9 Å². The van der Waals surface area contributed by atoms with Crippen molar-refractivity contribution in [2.75, 3.05) is 11.1 Å². The van der Waals surface area contributed by atoms with E-state index in [1.165, 1.54) is 22.7 Å². The van der Waals surface area contributed by atoms with Crippen molar-refractivity contribution >= 4 is 49.9 Å². The zero-order chi connectivity index (χ0) is 10.7. The number of rotatable bonds is 2. The zero-order valence-electron chi connectivity index (χ0n) is 7.21. The molecule has 2 aromatic rings. The molecular formula is C6H5N5OS3. The molecule has 3 N–H and O–H groups in total. The van der Waals surface area contributed by atoms with Gasteiger partial charge >= 0.3 is 0 Å². The van der Waals surface area contributed by atoms with Crippen molar-refractivity contribution in [3.63, 3.8) is 0 Å². The highest BCUT2D eigenvalue weighted by Gasteiger charge is 2.10. The summed E-state index contributed by atoms with van der Waals surface area (Å²) in [7, 11) is 0. The fourth-order valence-corrected chi connectivity index (χ4v) is 2.71. The number of nitrogen functional groups attached to an aromatic ring is 1. The molecule has 1 amide bonds. The number of thioether (sulfide) groups is 1. The van der Waals surface area contributed by atoms with Gasteiger partial charge in [-0.3, -0.25) is 10.1 Å². The van der Waals surface area contributed by atoms with Crippen LogP contribution in [0.5, 0.6) is 0 Å². The van der Waals surface area contributed by atoms with Crippen molar-refractivity contribution in [3.05, 3.63) is 11.6 Å². The van der Waals surface area contributed by atoms with Crippen LogP contribution < -0.4 is 11.1 Å². The molecule has 0 saturated heterocycles. The van der Waals surface area contributed by atoms with Crippen LogP contribution in [-0.4, -0.2) is 20.4 Å². The van der Waals surface area contributed by atoms with E-state index in [0.29, 0.717) is 14.6 Å². The van der Waals surface area contributed by atoms with E-state index in [9.17, 15) is 4.79 Å². The predicted octanol–water partition coefficient (Wildman–Crippen LogP) is 1.90. The summed E-state index contributed by atoms with van der Waals surface area (Å²) in [5.41, 5.74) is 5.38. The minimum absolute atomic E-state index is 0.249. The summed E-state index contributed by atoms with van der Waals surface area (Å²) in [5.74, 6) is 0. The summed E-state index contributed by atoms with van der Waals surface area (Å²) >= 11 is 3.47. The van der Waals surface area contributed by atoms with Crippen LogP contribution in [0.4, 0.5) is 15.1 Å². The minimum Gasteiger partial charge on any atom is -0.374 e. The van der Waals surface area contributed by atoms with Gasteiger partial charge in [-0.25, -0.2) is 4.98 Å². The van der Waals surface area contributed by atoms with E-state index in [0.717, 1.165) is 11.8 Å². The molecule has 9 heteroatoms. The predicted molar refractivity (Wildman–Crippen MR) is 61.3 cm³/mol. The lowest BCUT2D eigenvalue weighted by Gasteiger charge is -1.96. The first-order chi connectivity index (χ1) is 7.24. The summed E-state index contributed by atoms with van der Waals surface area (Å²) in [6, 6.07) is 0. The fourth-order valence-electron chi connectivity index (χ4n) is 0.739. The van der Waals surface area contributed by atoms with Crippen LogP contribution in [-0.2, 0) is 0 Å². The van der Waals surface area contributed by atoms with Crippen molar-refractivity contribution in [3.8, 4) is 0 Å². The number of hydrogen-bond acceptors (Lipinski definition) is 8. The van der Waals surface area contributed by atoms with Crippen LogP contribution in [0.1, 0.15) is 0 Å². The smallest absolute Gasteiger partial charge is 0.292 e. The van der Waals surface area contributed by atoms with Gasteiger partial charge in [-0.1, -0.05) is 11.3 Å². The van der Waals surface area contributed by atoms with E-state index in [4.69, 9.17) is 5.73 Å². The van der Waals surface area contributed by atoms with E-state index in [-0.39, 0.29) is 5.24 Å². The van der Waals surface area contributed by atoms with Gasteiger partial charge in [0.15, 0.2) is 9.47 Å². The Morgan fingerprint density at radius 1 is 1.53 bits per heavy atom. The molecule has 0 aromatic carbocycles. The summed E-state index contributed by atoms with van der Waals surface area (Å²) in [4.78, 5) is 15.3. The normalized spacial score (nSPS) is 10.1. The van der Waals surface area contributed by atoms with E-state index in [1.54, 1.807) is 11.6 Å². The zero-order valence-corrected chi connectivity index (χ0v) is 9.66. The molecule has 2 aromatic heterocycles. The topological polar surface area (TPSA) is 93.8 Å². The lowest BCUT2D eigenvalue weighted by molar-refractivity contribution is 0.269. The van der Waals surface area contributed by atoms with Crippen molar-refractivity contribution in [1.82, 2.24) is 15.2 Å². The first kappa shape index (κ1) is 10.3. The first-order valence-corrected chi connectivity index (χ1v) is 6.22. The Hall–Kier alpha value is -1.19. The van der Waals surface area contributed by atoms with Crippen LogP contribution in [0.2, 0.25) is 0 Å².